The molecular formula is C14H25N3. The van der Waals surface area contributed by atoms with E-state index in [4.69, 9.17) is 5.73 Å². The summed E-state index contributed by atoms with van der Waals surface area (Å²) in [5.74, 6) is 1.13. The Morgan fingerprint density at radius 2 is 1.88 bits per heavy atom. The minimum atomic E-state index is 0.519. The molecule has 0 aliphatic heterocycles. The zero-order valence-corrected chi connectivity index (χ0v) is 11.4. The van der Waals surface area contributed by atoms with Crippen molar-refractivity contribution in [2.24, 2.45) is 17.6 Å². The molecule has 0 aliphatic carbocycles. The number of nitrogens with two attached hydrogens (primary N) is 1. The predicted molar refractivity (Wildman–Crippen MR) is 76.6 cm³/mol. The van der Waals surface area contributed by atoms with Crippen LogP contribution in [-0.4, -0.2) is 27.2 Å². The van der Waals surface area contributed by atoms with Gasteiger partial charge in [0, 0.05) is 20.6 Å². The quantitative estimate of drug-likeness (QED) is 0.795. The second-order valence-electron chi connectivity index (χ2n) is 5.03. The molecule has 1 aromatic rings. The van der Waals surface area contributed by atoms with Crippen LogP contribution in [0.1, 0.15) is 13.8 Å². The van der Waals surface area contributed by atoms with Crippen molar-refractivity contribution in [3.05, 3.63) is 24.3 Å². The summed E-state index contributed by atoms with van der Waals surface area (Å²) in [6.07, 6.45) is 0. The number of hydrogen-bond acceptors (Lipinski definition) is 3. The zero-order valence-electron chi connectivity index (χ0n) is 11.4. The van der Waals surface area contributed by atoms with Crippen molar-refractivity contribution in [1.82, 2.24) is 0 Å². The van der Waals surface area contributed by atoms with Crippen LogP contribution in [0.3, 0.4) is 0 Å². The average molecular weight is 235 g/mol. The molecule has 1 atom stereocenters. The van der Waals surface area contributed by atoms with Crippen molar-refractivity contribution < 1.29 is 0 Å². The first-order valence-corrected chi connectivity index (χ1v) is 6.26. The number of rotatable bonds is 6. The number of benzene rings is 1. The number of para-hydroxylation sites is 2. The lowest BCUT2D eigenvalue weighted by Gasteiger charge is -2.23. The first-order chi connectivity index (χ1) is 8.06. The van der Waals surface area contributed by atoms with Gasteiger partial charge in [-0.2, -0.15) is 0 Å². The zero-order chi connectivity index (χ0) is 12.8. The third kappa shape index (κ3) is 3.93. The molecule has 0 amide bonds. The lowest BCUT2D eigenvalue weighted by Crippen LogP contribution is -2.27. The topological polar surface area (TPSA) is 41.3 Å². The monoisotopic (exact) mass is 235 g/mol. The summed E-state index contributed by atoms with van der Waals surface area (Å²) in [6, 6.07) is 8.35. The van der Waals surface area contributed by atoms with Gasteiger partial charge < -0.3 is 16.0 Å². The Morgan fingerprint density at radius 3 is 2.41 bits per heavy atom. The molecule has 0 aliphatic rings. The number of nitrogens with zero attached hydrogens (tertiary/aromatic N) is 1. The standard InChI is InChI=1S/C14H25N3/c1-11(2)12(9-15)10-16-13-7-5-6-8-14(13)17(3)4/h5-8,11-12,16H,9-10,15H2,1-4H3. The third-order valence-corrected chi connectivity index (χ3v) is 3.19. The molecule has 0 heterocycles. The molecule has 1 aromatic carbocycles. The van der Waals surface area contributed by atoms with Crippen molar-refractivity contribution in [2.45, 2.75) is 13.8 Å². The van der Waals surface area contributed by atoms with Crippen molar-refractivity contribution >= 4 is 11.4 Å². The second kappa shape index (κ2) is 6.50. The Balaban J connectivity index is 2.68. The molecule has 0 radical (unpaired) electrons. The van der Waals surface area contributed by atoms with Crippen LogP contribution in [0.15, 0.2) is 24.3 Å². The van der Waals surface area contributed by atoms with Gasteiger partial charge in [-0.1, -0.05) is 26.0 Å². The molecule has 0 spiro atoms. The molecule has 0 saturated heterocycles. The average Bonchev–Trinajstić information content (AvgIpc) is 2.29. The molecule has 17 heavy (non-hydrogen) atoms. The molecule has 0 fully saturated rings. The van der Waals surface area contributed by atoms with Gasteiger partial charge in [0.1, 0.15) is 0 Å². The number of nitrogens with one attached hydrogen (secondary N) is 1. The Bertz CT molecular complexity index is 334. The van der Waals surface area contributed by atoms with Crippen LogP contribution in [0, 0.1) is 11.8 Å². The van der Waals surface area contributed by atoms with E-state index in [2.05, 4.69) is 62.4 Å². The van der Waals surface area contributed by atoms with Gasteiger partial charge in [0.15, 0.2) is 0 Å². The lowest BCUT2D eigenvalue weighted by atomic mass is 9.96. The van der Waals surface area contributed by atoms with E-state index in [1.165, 1.54) is 11.4 Å². The summed E-state index contributed by atoms with van der Waals surface area (Å²) in [7, 11) is 4.12. The largest absolute Gasteiger partial charge is 0.383 e. The highest BCUT2D eigenvalue weighted by molar-refractivity contribution is 5.69. The minimum absolute atomic E-state index is 0.519. The molecule has 96 valence electrons. The fourth-order valence-electron chi connectivity index (χ4n) is 1.85. The molecule has 0 saturated carbocycles. The summed E-state index contributed by atoms with van der Waals surface area (Å²) < 4.78 is 0. The molecule has 0 bridgehead atoms. The maximum absolute atomic E-state index is 5.79. The Morgan fingerprint density at radius 1 is 1.24 bits per heavy atom. The highest BCUT2D eigenvalue weighted by Gasteiger charge is 2.12. The van der Waals surface area contributed by atoms with Crippen molar-refractivity contribution in [2.75, 3.05) is 37.4 Å². The van der Waals surface area contributed by atoms with Crippen molar-refractivity contribution in [3.8, 4) is 0 Å². The third-order valence-electron chi connectivity index (χ3n) is 3.19. The molecule has 3 N–H and O–H groups in total. The summed E-state index contributed by atoms with van der Waals surface area (Å²) in [5, 5.41) is 3.51. The van der Waals surface area contributed by atoms with E-state index in [0.29, 0.717) is 11.8 Å². The summed E-state index contributed by atoms with van der Waals surface area (Å²) in [6.45, 7) is 6.10. The summed E-state index contributed by atoms with van der Waals surface area (Å²) in [5.41, 5.74) is 8.18. The maximum Gasteiger partial charge on any atom is 0.0596 e. The van der Waals surface area contributed by atoms with Crippen LogP contribution in [0.5, 0.6) is 0 Å². The number of hydrogen-bond donors (Lipinski definition) is 2. The van der Waals surface area contributed by atoms with Gasteiger partial charge in [0.05, 0.1) is 11.4 Å². The lowest BCUT2D eigenvalue weighted by molar-refractivity contribution is 0.413. The molecular weight excluding hydrogens is 210 g/mol. The van der Waals surface area contributed by atoms with Gasteiger partial charge in [-0.25, -0.2) is 0 Å². The highest BCUT2D eigenvalue weighted by atomic mass is 15.1. The van der Waals surface area contributed by atoms with E-state index in [1.807, 2.05) is 0 Å². The van der Waals surface area contributed by atoms with Gasteiger partial charge in [-0.3, -0.25) is 0 Å². The minimum Gasteiger partial charge on any atom is -0.383 e. The maximum atomic E-state index is 5.79. The van der Waals surface area contributed by atoms with E-state index in [1.54, 1.807) is 0 Å². The molecule has 0 aromatic heterocycles. The van der Waals surface area contributed by atoms with Crippen LogP contribution < -0.4 is 16.0 Å². The van der Waals surface area contributed by atoms with E-state index < -0.39 is 0 Å². The van der Waals surface area contributed by atoms with E-state index >= 15 is 0 Å². The Labute approximate surface area is 105 Å². The first kappa shape index (κ1) is 13.8. The van der Waals surface area contributed by atoms with Gasteiger partial charge >= 0.3 is 0 Å². The van der Waals surface area contributed by atoms with Gasteiger partial charge in [0.25, 0.3) is 0 Å². The molecule has 1 unspecified atom stereocenters. The fourth-order valence-corrected chi connectivity index (χ4v) is 1.85. The van der Waals surface area contributed by atoms with Crippen LogP contribution >= 0.6 is 0 Å². The number of anilines is 2. The van der Waals surface area contributed by atoms with Gasteiger partial charge in [-0.05, 0) is 30.5 Å². The normalized spacial score (nSPS) is 12.6. The summed E-state index contributed by atoms with van der Waals surface area (Å²) in [4.78, 5) is 2.12. The van der Waals surface area contributed by atoms with Gasteiger partial charge in [0.2, 0.25) is 0 Å². The molecule has 1 rings (SSSR count). The Kier molecular flexibility index (Phi) is 5.29. The van der Waals surface area contributed by atoms with Crippen LogP contribution in [-0.2, 0) is 0 Å². The molecule has 3 heteroatoms. The van der Waals surface area contributed by atoms with Crippen molar-refractivity contribution in [1.29, 1.82) is 0 Å². The van der Waals surface area contributed by atoms with Crippen LogP contribution in [0.25, 0.3) is 0 Å². The predicted octanol–water partition coefficient (Wildman–Crippen LogP) is 2.40. The first-order valence-electron chi connectivity index (χ1n) is 6.26. The van der Waals surface area contributed by atoms with Crippen LogP contribution in [0.4, 0.5) is 11.4 Å². The smallest absolute Gasteiger partial charge is 0.0596 e. The molecule has 3 nitrogen and oxygen atoms in total. The van der Waals surface area contributed by atoms with E-state index in [-0.39, 0.29) is 0 Å². The van der Waals surface area contributed by atoms with Crippen LogP contribution in [0.2, 0.25) is 0 Å². The van der Waals surface area contributed by atoms with E-state index in [9.17, 15) is 0 Å². The highest BCUT2D eigenvalue weighted by Crippen LogP contribution is 2.24. The summed E-state index contributed by atoms with van der Waals surface area (Å²) >= 11 is 0. The fraction of sp³-hybridized carbons (Fsp3) is 0.571. The van der Waals surface area contributed by atoms with Gasteiger partial charge in [-0.15, -0.1) is 0 Å². The Hall–Kier alpha value is -1.22. The van der Waals surface area contributed by atoms with E-state index in [0.717, 1.165) is 13.1 Å². The second-order valence-corrected chi connectivity index (χ2v) is 5.03. The SMILES string of the molecule is CC(C)C(CN)CNc1ccccc1N(C)C. The van der Waals surface area contributed by atoms with Crippen molar-refractivity contribution in [3.63, 3.8) is 0 Å².